The molecule has 4 aliphatic rings. The summed E-state index contributed by atoms with van der Waals surface area (Å²) in [5.41, 5.74) is 5.57. The molecule has 0 bridgehead atoms. The van der Waals surface area contributed by atoms with E-state index in [0.29, 0.717) is 17.1 Å². The van der Waals surface area contributed by atoms with Gasteiger partial charge in [-0.15, -0.1) is 0 Å². The van der Waals surface area contributed by atoms with Crippen LogP contribution in [0.5, 0.6) is 0 Å². The van der Waals surface area contributed by atoms with Crippen molar-refractivity contribution in [3.05, 3.63) is 22.8 Å². The summed E-state index contributed by atoms with van der Waals surface area (Å²) < 4.78 is 0. The first-order chi connectivity index (χ1) is 10.1. The Labute approximate surface area is 128 Å². The average Bonchev–Trinajstić information content (AvgIpc) is 2.84. The van der Waals surface area contributed by atoms with Gasteiger partial charge in [-0.05, 0) is 93.1 Å². The predicted octanol–water partition coefficient (Wildman–Crippen LogP) is 5.22. The number of carbonyl (C=O) groups is 1. The summed E-state index contributed by atoms with van der Waals surface area (Å²) in [6.07, 6.45) is 14.1. The smallest absolute Gasteiger partial charge is 0.133 e. The molecule has 1 heteroatoms. The van der Waals surface area contributed by atoms with Crippen LogP contribution >= 0.6 is 0 Å². The molecule has 0 spiro atoms. The highest BCUT2D eigenvalue weighted by molar-refractivity contribution is 5.79. The minimum absolute atomic E-state index is 0.302. The quantitative estimate of drug-likeness (QED) is 0.645. The Morgan fingerprint density at radius 2 is 2.05 bits per heavy atom. The van der Waals surface area contributed by atoms with Crippen LogP contribution in [0.1, 0.15) is 71.6 Å². The van der Waals surface area contributed by atoms with E-state index in [1.54, 1.807) is 11.1 Å². The summed E-state index contributed by atoms with van der Waals surface area (Å²) in [4.78, 5) is 12.1. The van der Waals surface area contributed by atoms with Gasteiger partial charge in [-0.1, -0.05) is 18.6 Å². The van der Waals surface area contributed by atoms with Crippen molar-refractivity contribution < 1.29 is 4.79 Å². The molecule has 114 valence electrons. The van der Waals surface area contributed by atoms with Crippen LogP contribution in [0.15, 0.2) is 22.8 Å². The largest absolute Gasteiger partial charge is 0.300 e. The third-order valence-electron chi connectivity index (χ3n) is 7.29. The third kappa shape index (κ3) is 1.92. The van der Waals surface area contributed by atoms with E-state index in [4.69, 9.17) is 0 Å². The van der Waals surface area contributed by atoms with Crippen molar-refractivity contribution in [3.63, 3.8) is 0 Å². The van der Waals surface area contributed by atoms with Crippen LogP contribution in [0, 0.1) is 23.2 Å². The van der Waals surface area contributed by atoms with Crippen molar-refractivity contribution in [2.75, 3.05) is 0 Å². The Hall–Kier alpha value is -0.850. The number of hydrogen-bond donors (Lipinski definition) is 0. The second kappa shape index (κ2) is 4.83. The molecule has 2 saturated carbocycles. The molecule has 0 aliphatic heterocycles. The van der Waals surface area contributed by atoms with Gasteiger partial charge in [0.15, 0.2) is 0 Å². The highest BCUT2D eigenvalue weighted by atomic mass is 16.1. The van der Waals surface area contributed by atoms with Crippen LogP contribution in [0.2, 0.25) is 0 Å². The monoisotopic (exact) mass is 284 g/mol. The highest BCUT2D eigenvalue weighted by Crippen LogP contribution is 2.62. The van der Waals surface area contributed by atoms with Crippen LogP contribution in [0.3, 0.4) is 0 Å². The molecule has 0 radical (unpaired) electrons. The average molecular weight is 284 g/mol. The summed E-state index contributed by atoms with van der Waals surface area (Å²) in [5, 5.41) is 0. The van der Waals surface area contributed by atoms with Gasteiger partial charge in [-0.2, -0.15) is 0 Å². The lowest BCUT2D eigenvalue weighted by Gasteiger charge is -2.49. The number of Topliss-reactive ketones (excluding diaryl/α,β-unsaturated/α-hetero) is 1. The van der Waals surface area contributed by atoms with Gasteiger partial charge in [0.2, 0.25) is 0 Å². The van der Waals surface area contributed by atoms with Crippen LogP contribution in [0.25, 0.3) is 0 Å². The summed E-state index contributed by atoms with van der Waals surface area (Å²) in [7, 11) is 0. The molecule has 0 saturated heterocycles. The Kier molecular flexibility index (Phi) is 3.17. The molecular formula is C20H28O. The molecule has 2 fully saturated rings. The fraction of sp³-hybridized carbons (Fsp3) is 0.750. The third-order valence-corrected chi connectivity index (χ3v) is 7.29. The van der Waals surface area contributed by atoms with Gasteiger partial charge in [0.05, 0.1) is 0 Å². The lowest BCUT2D eigenvalue weighted by molar-refractivity contribution is -0.125. The van der Waals surface area contributed by atoms with Gasteiger partial charge in [-0.3, -0.25) is 4.79 Å². The minimum atomic E-state index is 0.302. The summed E-state index contributed by atoms with van der Waals surface area (Å²) >= 11 is 0. The predicted molar refractivity (Wildman–Crippen MR) is 85.9 cm³/mol. The van der Waals surface area contributed by atoms with Gasteiger partial charge in [0, 0.05) is 5.92 Å². The van der Waals surface area contributed by atoms with Gasteiger partial charge in [-0.25, -0.2) is 0 Å². The maximum atomic E-state index is 12.1. The normalized spacial score (nSPS) is 42.0. The van der Waals surface area contributed by atoms with Crippen molar-refractivity contribution in [2.24, 2.45) is 23.2 Å². The lowest BCUT2D eigenvalue weighted by Crippen LogP contribution is -2.41. The number of allylic oxidation sites excluding steroid dienone is 4. The van der Waals surface area contributed by atoms with Crippen molar-refractivity contribution in [2.45, 2.75) is 71.6 Å². The number of hydrogen-bond acceptors (Lipinski definition) is 1. The van der Waals surface area contributed by atoms with E-state index in [-0.39, 0.29) is 0 Å². The molecule has 0 amide bonds. The SMILES string of the molecule is CC(=O)[C@H]1CC[C@H]2[C@@H]3CCC4=CCCCC4=C3CC[C@]12C. The molecule has 0 unspecified atom stereocenters. The van der Waals surface area contributed by atoms with Gasteiger partial charge >= 0.3 is 0 Å². The number of fused-ring (bicyclic) bond motifs is 4. The number of ketones is 1. The molecule has 0 heterocycles. The second-order valence-corrected chi connectivity index (χ2v) is 8.12. The Morgan fingerprint density at radius 3 is 2.86 bits per heavy atom. The molecule has 4 rings (SSSR count). The fourth-order valence-corrected chi connectivity index (χ4v) is 6.30. The maximum absolute atomic E-state index is 12.1. The lowest BCUT2D eigenvalue weighted by atomic mass is 9.55. The first-order valence-electron chi connectivity index (χ1n) is 9.03. The van der Waals surface area contributed by atoms with Crippen LogP contribution in [0.4, 0.5) is 0 Å². The number of carbonyl (C=O) groups excluding carboxylic acids is 1. The first-order valence-corrected chi connectivity index (χ1v) is 9.03. The second-order valence-electron chi connectivity index (χ2n) is 8.12. The Morgan fingerprint density at radius 1 is 1.19 bits per heavy atom. The van der Waals surface area contributed by atoms with Crippen molar-refractivity contribution >= 4 is 5.78 Å². The van der Waals surface area contributed by atoms with Gasteiger partial charge in [0.25, 0.3) is 0 Å². The van der Waals surface area contributed by atoms with E-state index in [2.05, 4.69) is 13.0 Å². The Bertz CT molecular complexity index is 538. The van der Waals surface area contributed by atoms with Crippen LogP contribution in [-0.2, 0) is 4.79 Å². The summed E-state index contributed by atoms with van der Waals surface area (Å²) in [6, 6.07) is 0. The van der Waals surface area contributed by atoms with E-state index in [1.165, 1.54) is 51.4 Å². The Balaban J connectivity index is 1.71. The summed E-state index contributed by atoms with van der Waals surface area (Å²) in [5.74, 6) is 2.38. The van der Waals surface area contributed by atoms with Gasteiger partial charge < -0.3 is 0 Å². The van der Waals surface area contributed by atoms with Crippen LogP contribution in [-0.4, -0.2) is 5.78 Å². The van der Waals surface area contributed by atoms with E-state index >= 15 is 0 Å². The molecule has 0 aromatic rings. The molecule has 0 aromatic carbocycles. The van der Waals surface area contributed by atoms with Crippen molar-refractivity contribution in [3.8, 4) is 0 Å². The first kappa shape index (κ1) is 13.8. The molecule has 0 N–H and O–H groups in total. The zero-order chi connectivity index (χ0) is 14.6. The standard InChI is InChI=1S/C20H28O/c1-13(21)18-9-10-19-17-8-7-14-5-3-4-6-15(14)16(17)11-12-20(18,19)2/h5,17-19H,3-4,6-12H2,1-2H3/t17-,18-,19+,20-/m1/s1. The zero-order valence-electron chi connectivity index (χ0n) is 13.6. The van der Waals surface area contributed by atoms with E-state index in [9.17, 15) is 4.79 Å². The zero-order valence-corrected chi connectivity index (χ0v) is 13.6. The molecule has 0 aromatic heterocycles. The fourth-order valence-electron chi connectivity index (χ4n) is 6.30. The minimum Gasteiger partial charge on any atom is -0.300 e. The van der Waals surface area contributed by atoms with Crippen molar-refractivity contribution in [1.29, 1.82) is 0 Å². The van der Waals surface area contributed by atoms with Gasteiger partial charge in [0.1, 0.15) is 5.78 Å². The van der Waals surface area contributed by atoms with E-state index < -0.39 is 0 Å². The highest BCUT2D eigenvalue weighted by Gasteiger charge is 2.54. The molecular weight excluding hydrogens is 256 g/mol. The number of rotatable bonds is 1. The van der Waals surface area contributed by atoms with E-state index in [0.717, 1.165) is 18.3 Å². The maximum Gasteiger partial charge on any atom is 0.133 e. The molecule has 21 heavy (non-hydrogen) atoms. The molecule has 4 atom stereocenters. The molecule has 1 nitrogen and oxygen atoms in total. The summed E-state index contributed by atoms with van der Waals surface area (Å²) in [6.45, 7) is 4.26. The van der Waals surface area contributed by atoms with Crippen LogP contribution < -0.4 is 0 Å². The topological polar surface area (TPSA) is 17.1 Å². The van der Waals surface area contributed by atoms with Crippen molar-refractivity contribution in [1.82, 2.24) is 0 Å². The van der Waals surface area contributed by atoms with E-state index in [1.807, 2.05) is 12.5 Å². The molecule has 4 aliphatic carbocycles.